The number of furan rings is 1. The SMILES string of the molecule is Cc1cc(C)c2nc(-c3ccc(Cl)cc3Cl)cc(C(=O)Nc3ccc4c(c3)oc3ccccc34)c2c1. The van der Waals surface area contributed by atoms with Crippen LogP contribution in [-0.4, -0.2) is 10.9 Å². The molecule has 2 heterocycles. The maximum atomic E-state index is 13.7. The van der Waals surface area contributed by atoms with E-state index in [2.05, 4.69) is 11.4 Å². The lowest BCUT2D eigenvalue weighted by Crippen LogP contribution is -2.13. The number of carbonyl (C=O) groups excluding carboxylic acids is 1. The van der Waals surface area contributed by atoms with Gasteiger partial charge in [-0.15, -0.1) is 0 Å². The zero-order valence-corrected chi connectivity index (χ0v) is 21.0. The van der Waals surface area contributed by atoms with Gasteiger partial charge in [-0.1, -0.05) is 53.0 Å². The Labute approximate surface area is 217 Å². The van der Waals surface area contributed by atoms with Crippen molar-refractivity contribution in [1.29, 1.82) is 0 Å². The van der Waals surface area contributed by atoms with Gasteiger partial charge < -0.3 is 9.73 Å². The molecule has 4 nitrogen and oxygen atoms in total. The molecule has 0 bridgehead atoms. The van der Waals surface area contributed by atoms with Crippen LogP contribution in [0.25, 0.3) is 44.1 Å². The summed E-state index contributed by atoms with van der Waals surface area (Å²) < 4.78 is 6.00. The van der Waals surface area contributed by atoms with Crippen LogP contribution in [0.2, 0.25) is 10.0 Å². The maximum Gasteiger partial charge on any atom is 0.256 e. The van der Waals surface area contributed by atoms with Gasteiger partial charge in [0.05, 0.1) is 21.8 Å². The summed E-state index contributed by atoms with van der Waals surface area (Å²) in [6.07, 6.45) is 0. The predicted octanol–water partition coefficient (Wildman–Crippen LogP) is 8.98. The number of hydrogen-bond donors (Lipinski definition) is 1. The van der Waals surface area contributed by atoms with Crippen molar-refractivity contribution in [1.82, 2.24) is 4.98 Å². The topological polar surface area (TPSA) is 55.1 Å². The van der Waals surface area contributed by atoms with Gasteiger partial charge >= 0.3 is 0 Å². The van der Waals surface area contributed by atoms with E-state index in [1.807, 2.05) is 68.4 Å². The molecule has 0 aliphatic heterocycles. The lowest BCUT2D eigenvalue weighted by atomic mass is 9.99. The largest absolute Gasteiger partial charge is 0.456 e. The fourth-order valence-corrected chi connectivity index (χ4v) is 5.21. The maximum absolute atomic E-state index is 13.7. The zero-order valence-electron chi connectivity index (χ0n) is 19.5. The number of nitrogens with one attached hydrogen (secondary N) is 1. The molecule has 0 saturated carbocycles. The highest BCUT2D eigenvalue weighted by Gasteiger charge is 2.18. The number of hydrogen-bond acceptors (Lipinski definition) is 3. The van der Waals surface area contributed by atoms with Crippen LogP contribution in [0.1, 0.15) is 21.5 Å². The van der Waals surface area contributed by atoms with E-state index in [1.54, 1.807) is 18.2 Å². The molecule has 176 valence electrons. The lowest BCUT2D eigenvalue weighted by Gasteiger charge is -2.14. The van der Waals surface area contributed by atoms with E-state index in [-0.39, 0.29) is 5.91 Å². The third-order valence-corrected chi connectivity index (χ3v) is 6.88. The quantitative estimate of drug-likeness (QED) is 0.258. The molecule has 0 spiro atoms. The average Bonchev–Trinajstić information content (AvgIpc) is 3.21. The van der Waals surface area contributed by atoms with Crippen LogP contribution >= 0.6 is 23.2 Å². The number of carbonyl (C=O) groups is 1. The second-order valence-electron chi connectivity index (χ2n) is 8.92. The Balaban J connectivity index is 1.47. The van der Waals surface area contributed by atoms with Gasteiger partial charge in [-0.25, -0.2) is 4.98 Å². The van der Waals surface area contributed by atoms with Crippen molar-refractivity contribution in [3.8, 4) is 11.3 Å². The van der Waals surface area contributed by atoms with Crippen LogP contribution in [-0.2, 0) is 0 Å². The van der Waals surface area contributed by atoms with Crippen molar-refractivity contribution in [2.24, 2.45) is 0 Å². The first-order valence-electron chi connectivity index (χ1n) is 11.5. The monoisotopic (exact) mass is 510 g/mol. The summed E-state index contributed by atoms with van der Waals surface area (Å²) in [7, 11) is 0. The molecule has 0 unspecified atom stereocenters. The molecule has 0 saturated heterocycles. The van der Waals surface area contributed by atoms with E-state index < -0.39 is 0 Å². The molecule has 0 atom stereocenters. The van der Waals surface area contributed by atoms with Crippen LogP contribution in [0.3, 0.4) is 0 Å². The highest BCUT2D eigenvalue weighted by molar-refractivity contribution is 6.36. The molecular formula is C30H20Cl2N2O2. The number of anilines is 1. The first-order chi connectivity index (χ1) is 17.4. The molecule has 2 aromatic heterocycles. The minimum atomic E-state index is -0.241. The summed E-state index contributed by atoms with van der Waals surface area (Å²) in [6, 6.07) is 24.7. The van der Waals surface area contributed by atoms with Crippen molar-refractivity contribution in [3.05, 3.63) is 106 Å². The number of pyridine rings is 1. The molecule has 6 rings (SSSR count). The first kappa shape index (κ1) is 22.6. The molecule has 4 aromatic carbocycles. The van der Waals surface area contributed by atoms with Gasteiger partial charge in [0, 0.05) is 38.5 Å². The Kier molecular flexibility index (Phi) is 5.44. The third-order valence-electron chi connectivity index (χ3n) is 6.34. The Bertz CT molecular complexity index is 1840. The summed E-state index contributed by atoms with van der Waals surface area (Å²) in [4.78, 5) is 18.5. The van der Waals surface area contributed by atoms with Gasteiger partial charge in [0.15, 0.2) is 0 Å². The first-order valence-corrected chi connectivity index (χ1v) is 12.2. The van der Waals surface area contributed by atoms with Crippen LogP contribution < -0.4 is 5.32 Å². The van der Waals surface area contributed by atoms with Crippen LogP contribution in [0, 0.1) is 13.8 Å². The number of aromatic nitrogens is 1. The molecule has 0 radical (unpaired) electrons. The van der Waals surface area contributed by atoms with Gasteiger partial charge in [-0.05, 0) is 67.9 Å². The van der Waals surface area contributed by atoms with Crippen molar-refractivity contribution in [2.45, 2.75) is 13.8 Å². The van der Waals surface area contributed by atoms with E-state index in [9.17, 15) is 4.79 Å². The summed E-state index contributed by atoms with van der Waals surface area (Å²) in [5.74, 6) is -0.241. The number of para-hydroxylation sites is 1. The molecule has 6 heteroatoms. The van der Waals surface area contributed by atoms with Crippen molar-refractivity contribution in [3.63, 3.8) is 0 Å². The van der Waals surface area contributed by atoms with Crippen LogP contribution in [0.15, 0.2) is 83.3 Å². The summed E-state index contributed by atoms with van der Waals surface area (Å²) in [6.45, 7) is 4.00. The summed E-state index contributed by atoms with van der Waals surface area (Å²) in [5, 5.41) is 6.88. The van der Waals surface area contributed by atoms with Gasteiger partial charge in [0.1, 0.15) is 11.2 Å². The molecule has 0 aliphatic rings. The summed E-state index contributed by atoms with van der Waals surface area (Å²) in [5.41, 5.74) is 6.79. The standard InChI is InChI=1S/C30H20Cl2N2O2/c1-16-11-17(2)29-23(12-16)24(15-26(34-29)22-9-7-18(31)13-25(22)32)30(35)33-19-8-10-21-20-5-3-4-6-27(20)36-28(21)14-19/h3-15H,1-2H3,(H,33,35). The Morgan fingerprint density at radius 3 is 2.47 bits per heavy atom. The highest BCUT2D eigenvalue weighted by atomic mass is 35.5. The molecule has 36 heavy (non-hydrogen) atoms. The molecule has 0 aliphatic carbocycles. The number of fused-ring (bicyclic) bond motifs is 4. The van der Waals surface area contributed by atoms with Crippen molar-refractivity contribution in [2.75, 3.05) is 5.32 Å². The van der Waals surface area contributed by atoms with Gasteiger partial charge in [0.2, 0.25) is 0 Å². The minimum absolute atomic E-state index is 0.241. The van der Waals surface area contributed by atoms with E-state index >= 15 is 0 Å². The van der Waals surface area contributed by atoms with Gasteiger partial charge in [0.25, 0.3) is 5.91 Å². The lowest BCUT2D eigenvalue weighted by molar-refractivity contribution is 0.102. The Hall–Kier alpha value is -3.86. The second kappa shape index (κ2) is 8.66. The smallest absolute Gasteiger partial charge is 0.256 e. The zero-order chi connectivity index (χ0) is 25.0. The van der Waals surface area contributed by atoms with Crippen LogP contribution in [0.5, 0.6) is 0 Å². The molecule has 1 amide bonds. The van der Waals surface area contributed by atoms with E-state index in [0.717, 1.165) is 38.4 Å². The number of aryl methyl sites for hydroxylation is 2. The molecular weight excluding hydrogens is 491 g/mol. The number of halogens is 2. The fourth-order valence-electron chi connectivity index (χ4n) is 4.71. The number of rotatable bonds is 3. The molecule has 0 fully saturated rings. The van der Waals surface area contributed by atoms with Crippen LogP contribution in [0.4, 0.5) is 5.69 Å². The number of nitrogens with zero attached hydrogens (tertiary/aromatic N) is 1. The number of benzene rings is 4. The summed E-state index contributed by atoms with van der Waals surface area (Å²) >= 11 is 12.6. The van der Waals surface area contributed by atoms with Gasteiger partial charge in [-0.3, -0.25) is 4.79 Å². The minimum Gasteiger partial charge on any atom is -0.456 e. The van der Waals surface area contributed by atoms with Gasteiger partial charge in [-0.2, -0.15) is 0 Å². The predicted molar refractivity (Wildman–Crippen MR) is 148 cm³/mol. The van der Waals surface area contributed by atoms with E-state index in [4.69, 9.17) is 32.6 Å². The van der Waals surface area contributed by atoms with E-state index in [1.165, 1.54) is 0 Å². The molecule has 6 aromatic rings. The highest BCUT2D eigenvalue weighted by Crippen LogP contribution is 2.34. The van der Waals surface area contributed by atoms with Crippen molar-refractivity contribution >= 4 is 67.6 Å². The Morgan fingerprint density at radius 1 is 0.833 bits per heavy atom. The van der Waals surface area contributed by atoms with E-state index in [0.29, 0.717) is 38.1 Å². The van der Waals surface area contributed by atoms with Crippen molar-refractivity contribution < 1.29 is 9.21 Å². The second-order valence-corrected chi connectivity index (χ2v) is 9.76. The fraction of sp³-hybridized carbons (Fsp3) is 0.0667. The Morgan fingerprint density at radius 2 is 1.64 bits per heavy atom. The average molecular weight is 511 g/mol. The normalized spacial score (nSPS) is 11.4. The third kappa shape index (κ3) is 3.89. The number of amides is 1. The molecule has 1 N–H and O–H groups in total.